The second-order valence-electron chi connectivity index (χ2n) is 5.10. The Morgan fingerprint density at radius 3 is 2.75 bits per heavy atom. The van der Waals surface area contributed by atoms with Crippen LogP contribution < -0.4 is 5.32 Å². The molecule has 0 bridgehead atoms. The molecule has 0 saturated heterocycles. The fourth-order valence-corrected chi connectivity index (χ4v) is 1.56. The van der Waals surface area contributed by atoms with E-state index in [1.807, 2.05) is 13.0 Å². The van der Waals surface area contributed by atoms with Gasteiger partial charge in [-0.1, -0.05) is 26.8 Å². The van der Waals surface area contributed by atoms with Crippen LogP contribution in [0.5, 0.6) is 0 Å². The van der Waals surface area contributed by atoms with E-state index in [0.717, 1.165) is 12.1 Å². The van der Waals surface area contributed by atoms with Crippen molar-refractivity contribution in [2.75, 3.05) is 5.32 Å². The van der Waals surface area contributed by atoms with Crippen molar-refractivity contribution < 1.29 is 4.79 Å². The molecule has 0 spiro atoms. The Labute approximate surface area is 97.3 Å². The van der Waals surface area contributed by atoms with Crippen molar-refractivity contribution in [2.24, 2.45) is 0 Å². The third-order valence-corrected chi connectivity index (χ3v) is 2.45. The number of anilines is 1. The van der Waals surface area contributed by atoms with Crippen molar-refractivity contribution >= 4 is 12.1 Å². The van der Waals surface area contributed by atoms with Crippen molar-refractivity contribution in [3.05, 3.63) is 23.9 Å². The van der Waals surface area contributed by atoms with Crippen LogP contribution in [-0.4, -0.2) is 17.3 Å². The molecule has 0 aliphatic rings. The molecule has 1 N–H and O–H groups in total. The van der Waals surface area contributed by atoms with E-state index < -0.39 is 0 Å². The van der Waals surface area contributed by atoms with Crippen molar-refractivity contribution in [1.29, 1.82) is 0 Å². The summed E-state index contributed by atoms with van der Waals surface area (Å²) in [6.45, 7) is 8.44. The highest BCUT2D eigenvalue weighted by molar-refractivity contribution is 5.54. The Hall–Kier alpha value is -1.38. The van der Waals surface area contributed by atoms with Gasteiger partial charge >= 0.3 is 0 Å². The minimum absolute atomic E-state index is 0.0531. The lowest BCUT2D eigenvalue weighted by molar-refractivity contribution is -0.107. The second-order valence-corrected chi connectivity index (χ2v) is 5.10. The summed E-state index contributed by atoms with van der Waals surface area (Å²) in [5.74, 6) is 0.879. The van der Waals surface area contributed by atoms with Crippen LogP contribution in [0, 0.1) is 0 Å². The summed E-state index contributed by atoms with van der Waals surface area (Å²) < 4.78 is 0. The van der Waals surface area contributed by atoms with Crippen LogP contribution in [0.3, 0.4) is 0 Å². The van der Waals surface area contributed by atoms with Crippen molar-refractivity contribution in [2.45, 2.75) is 45.6 Å². The molecule has 0 radical (unpaired) electrons. The number of carbonyl (C=O) groups is 1. The first-order valence-corrected chi connectivity index (χ1v) is 5.61. The number of pyridine rings is 1. The molecule has 0 amide bonds. The molecule has 3 nitrogen and oxygen atoms in total. The van der Waals surface area contributed by atoms with Gasteiger partial charge in [0.2, 0.25) is 0 Å². The van der Waals surface area contributed by atoms with E-state index in [0.29, 0.717) is 6.42 Å². The lowest BCUT2D eigenvalue weighted by Gasteiger charge is -2.23. The number of hydrogen-bond donors (Lipinski definition) is 1. The van der Waals surface area contributed by atoms with Crippen LogP contribution in [0.1, 0.15) is 39.7 Å². The fraction of sp³-hybridized carbons (Fsp3) is 0.538. The minimum Gasteiger partial charge on any atom is -0.367 e. The molecule has 1 unspecified atom stereocenters. The maximum Gasteiger partial charge on any atom is 0.129 e. The van der Waals surface area contributed by atoms with Crippen LogP contribution in [0.15, 0.2) is 18.3 Å². The highest BCUT2D eigenvalue weighted by Crippen LogP contribution is 2.27. The van der Waals surface area contributed by atoms with Gasteiger partial charge in [-0.3, -0.25) is 0 Å². The quantitative estimate of drug-likeness (QED) is 0.793. The number of nitrogens with zero attached hydrogens (tertiary/aromatic N) is 1. The Morgan fingerprint density at radius 1 is 1.50 bits per heavy atom. The van der Waals surface area contributed by atoms with Crippen LogP contribution in [0.25, 0.3) is 0 Å². The minimum atomic E-state index is 0.0531. The van der Waals surface area contributed by atoms with Crippen LogP contribution in [-0.2, 0) is 10.2 Å². The summed E-state index contributed by atoms with van der Waals surface area (Å²) in [5.41, 5.74) is 1.23. The van der Waals surface area contributed by atoms with E-state index in [-0.39, 0.29) is 11.5 Å². The number of aldehydes is 1. The van der Waals surface area contributed by atoms with E-state index in [2.05, 4.69) is 37.1 Å². The number of aromatic nitrogens is 1. The lowest BCUT2D eigenvalue weighted by atomic mass is 9.87. The molecule has 88 valence electrons. The summed E-state index contributed by atoms with van der Waals surface area (Å²) in [7, 11) is 0. The number of hydrogen-bond acceptors (Lipinski definition) is 3. The van der Waals surface area contributed by atoms with E-state index in [4.69, 9.17) is 0 Å². The van der Waals surface area contributed by atoms with Crippen molar-refractivity contribution in [3.63, 3.8) is 0 Å². The predicted octanol–water partition coefficient (Wildman–Crippen LogP) is 2.77. The summed E-state index contributed by atoms with van der Waals surface area (Å²) in [6, 6.07) is 4.13. The molecule has 1 heterocycles. The zero-order valence-corrected chi connectivity index (χ0v) is 10.4. The Kier molecular flexibility index (Phi) is 4.05. The van der Waals surface area contributed by atoms with E-state index in [9.17, 15) is 4.79 Å². The fourth-order valence-electron chi connectivity index (χ4n) is 1.56. The van der Waals surface area contributed by atoms with E-state index in [1.165, 1.54) is 5.56 Å². The standard InChI is InChI=1S/C13H20N2O/c1-10(7-9-16)15-12-11(13(2,3)4)6-5-8-14-12/h5-6,8-10H,7H2,1-4H3,(H,14,15). The van der Waals surface area contributed by atoms with Gasteiger partial charge in [-0.25, -0.2) is 4.98 Å². The van der Waals surface area contributed by atoms with Gasteiger partial charge in [0.15, 0.2) is 0 Å². The molecule has 0 aliphatic heterocycles. The highest BCUT2D eigenvalue weighted by atomic mass is 16.1. The molecule has 1 rings (SSSR count). The maximum atomic E-state index is 10.4. The third kappa shape index (κ3) is 3.33. The normalized spacial score (nSPS) is 13.2. The van der Waals surface area contributed by atoms with E-state index in [1.54, 1.807) is 6.20 Å². The second kappa shape index (κ2) is 5.10. The summed E-state index contributed by atoms with van der Waals surface area (Å²) in [6.07, 6.45) is 3.20. The molecule has 1 aromatic heterocycles. The average molecular weight is 220 g/mol. The largest absolute Gasteiger partial charge is 0.367 e. The zero-order chi connectivity index (χ0) is 12.2. The maximum absolute atomic E-state index is 10.4. The Morgan fingerprint density at radius 2 is 2.19 bits per heavy atom. The molecular formula is C13H20N2O. The molecule has 0 fully saturated rings. The molecule has 1 aromatic rings. The molecule has 3 heteroatoms. The molecule has 0 aromatic carbocycles. The van der Waals surface area contributed by atoms with Crippen molar-refractivity contribution in [3.8, 4) is 0 Å². The van der Waals surface area contributed by atoms with Gasteiger partial charge in [0.1, 0.15) is 12.1 Å². The number of nitrogens with one attached hydrogen (secondary N) is 1. The first kappa shape index (κ1) is 12.7. The lowest BCUT2D eigenvalue weighted by Crippen LogP contribution is -2.21. The van der Waals surface area contributed by atoms with E-state index >= 15 is 0 Å². The van der Waals surface area contributed by atoms with Gasteiger partial charge in [0.05, 0.1) is 0 Å². The number of carbonyl (C=O) groups excluding carboxylic acids is 1. The van der Waals surface area contributed by atoms with Crippen LogP contribution in [0.2, 0.25) is 0 Å². The average Bonchev–Trinajstić information content (AvgIpc) is 2.17. The van der Waals surface area contributed by atoms with Gasteiger partial charge in [-0.2, -0.15) is 0 Å². The van der Waals surface area contributed by atoms with Gasteiger partial charge in [0.25, 0.3) is 0 Å². The highest BCUT2D eigenvalue weighted by Gasteiger charge is 2.19. The Balaban J connectivity index is 2.91. The predicted molar refractivity (Wildman–Crippen MR) is 66.7 cm³/mol. The number of rotatable bonds is 4. The summed E-state index contributed by atoms with van der Waals surface area (Å²) in [4.78, 5) is 14.8. The first-order chi connectivity index (χ1) is 7.45. The molecule has 0 saturated carbocycles. The Bertz CT molecular complexity index is 355. The SMILES string of the molecule is CC(CC=O)Nc1ncccc1C(C)(C)C. The zero-order valence-electron chi connectivity index (χ0n) is 10.4. The summed E-state index contributed by atoms with van der Waals surface area (Å²) in [5, 5.41) is 3.28. The molecular weight excluding hydrogens is 200 g/mol. The van der Waals surface area contributed by atoms with Crippen LogP contribution in [0.4, 0.5) is 5.82 Å². The summed E-state index contributed by atoms with van der Waals surface area (Å²) >= 11 is 0. The van der Waals surface area contributed by atoms with Crippen molar-refractivity contribution in [1.82, 2.24) is 4.98 Å². The monoisotopic (exact) mass is 220 g/mol. The molecule has 1 atom stereocenters. The topological polar surface area (TPSA) is 42.0 Å². The first-order valence-electron chi connectivity index (χ1n) is 5.61. The van der Waals surface area contributed by atoms with Gasteiger partial charge in [-0.15, -0.1) is 0 Å². The van der Waals surface area contributed by atoms with Gasteiger partial charge < -0.3 is 10.1 Å². The molecule has 16 heavy (non-hydrogen) atoms. The smallest absolute Gasteiger partial charge is 0.129 e. The molecule has 0 aliphatic carbocycles. The van der Waals surface area contributed by atoms with Gasteiger partial charge in [-0.05, 0) is 24.0 Å². The third-order valence-electron chi connectivity index (χ3n) is 2.45. The van der Waals surface area contributed by atoms with Gasteiger partial charge in [0, 0.05) is 18.7 Å². The van der Waals surface area contributed by atoms with Crippen LogP contribution >= 0.6 is 0 Å².